The maximum absolute atomic E-state index is 11.8. The Morgan fingerprint density at radius 3 is 2.42 bits per heavy atom. The van der Waals surface area contributed by atoms with Crippen molar-refractivity contribution in [2.24, 2.45) is 0 Å². The molecule has 0 aliphatic carbocycles. The third kappa shape index (κ3) is 6.59. The summed E-state index contributed by atoms with van der Waals surface area (Å²) in [6.45, 7) is 3.88. The first-order valence-corrected chi connectivity index (χ1v) is 10.3. The van der Waals surface area contributed by atoms with E-state index >= 15 is 0 Å². The highest BCUT2D eigenvalue weighted by Crippen LogP contribution is 2.06. The Hall–Kier alpha value is -1.44. The van der Waals surface area contributed by atoms with E-state index < -0.39 is 10.0 Å². The van der Waals surface area contributed by atoms with Crippen molar-refractivity contribution in [3.05, 3.63) is 35.9 Å². The van der Waals surface area contributed by atoms with Gasteiger partial charge in [-0.15, -0.1) is 0 Å². The molecule has 1 fully saturated rings. The number of nitrogens with zero attached hydrogens (tertiary/aromatic N) is 2. The smallest absolute Gasteiger partial charge is 0.220 e. The van der Waals surface area contributed by atoms with Crippen molar-refractivity contribution < 1.29 is 13.2 Å². The van der Waals surface area contributed by atoms with Gasteiger partial charge in [0.1, 0.15) is 0 Å². The van der Waals surface area contributed by atoms with Gasteiger partial charge in [0.15, 0.2) is 0 Å². The molecule has 1 heterocycles. The van der Waals surface area contributed by atoms with Gasteiger partial charge in [0.2, 0.25) is 15.9 Å². The maximum Gasteiger partial charge on any atom is 0.220 e. The molecule has 24 heavy (non-hydrogen) atoms. The zero-order chi connectivity index (χ0) is 17.4. The van der Waals surface area contributed by atoms with Crippen LogP contribution in [0.1, 0.15) is 18.4 Å². The van der Waals surface area contributed by atoms with Crippen molar-refractivity contribution >= 4 is 15.9 Å². The van der Waals surface area contributed by atoms with Crippen molar-refractivity contribution in [3.8, 4) is 0 Å². The molecule has 1 aliphatic rings. The Balaban J connectivity index is 1.55. The molecule has 1 aromatic carbocycles. The highest BCUT2D eigenvalue weighted by Gasteiger charge is 2.22. The SMILES string of the molecule is CS(=O)(=O)N1CCN(CCNC(=O)CCCc2ccccc2)CC1. The molecule has 0 aromatic heterocycles. The Morgan fingerprint density at radius 1 is 1.12 bits per heavy atom. The van der Waals surface area contributed by atoms with Gasteiger partial charge in [-0.2, -0.15) is 4.31 Å². The van der Waals surface area contributed by atoms with Crippen LogP contribution in [0.15, 0.2) is 30.3 Å². The number of hydrogen-bond acceptors (Lipinski definition) is 4. The second kappa shape index (κ2) is 9.15. The average Bonchev–Trinajstić information content (AvgIpc) is 2.55. The zero-order valence-corrected chi connectivity index (χ0v) is 15.1. The minimum atomic E-state index is -3.08. The molecule has 0 atom stereocenters. The Morgan fingerprint density at radius 2 is 1.79 bits per heavy atom. The molecular weight excluding hydrogens is 326 g/mol. The fraction of sp³-hybridized carbons (Fsp3) is 0.588. The number of rotatable bonds is 8. The van der Waals surface area contributed by atoms with Crippen LogP contribution in [-0.2, 0) is 21.2 Å². The van der Waals surface area contributed by atoms with Crippen LogP contribution in [-0.4, -0.2) is 69.1 Å². The molecule has 0 unspecified atom stereocenters. The average molecular weight is 353 g/mol. The topological polar surface area (TPSA) is 69.7 Å². The first kappa shape index (κ1) is 18.9. The maximum atomic E-state index is 11.8. The van der Waals surface area contributed by atoms with Crippen molar-refractivity contribution in [1.29, 1.82) is 0 Å². The van der Waals surface area contributed by atoms with Gasteiger partial charge in [-0.1, -0.05) is 30.3 Å². The molecule has 0 bridgehead atoms. The van der Waals surface area contributed by atoms with Crippen LogP contribution in [0, 0.1) is 0 Å². The lowest BCUT2D eigenvalue weighted by atomic mass is 10.1. The Bertz CT molecular complexity index is 611. The molecule has 0 spiro atoms. The van der Waals surface area contributed by atoms with E-state index in [1.807, 2.05) is 18.2 Å². The van der Waals surface area contributed by atoms with Crippen LogP contribution < -0.4 is 5.32 Å². The zero-order valence-electron chi connectivity index (χ0n) is 14.3. The van der Waals surface area contributed by atoms with Crippen LogP contribution in [0.3, 0.4) is 0 Å². The molecule has 1 aliphatic heterocycles. The summed E-state index contributed by atoms with van der Waals surface area (Å²) in [7, 11) is -3.08. The predicted octanol–water partition coefficient (Wildman–Crippen LogP) is 0.703. The van der Waals surface area contributed by atoms with E-state index in [0.29, 0.717) is 26.1 Å². The van der Waals surface area contributed by atoms with E-state index in [1.165, 1.54) is 16.1 Å². The Labute approximate surface area is 144 Å². The summed E-state index contributed by atoms with van der Waals surface area (Å²) in [6, 6.07) is 10.2. The van der Waals surface area contributed by atoms with Gasteiger partial charge in [-0.05, 0) is 18.4 Å². The van der Waals surface area contributed by atoms with Crippen LogP contribution >= 0.6 is 0 Å². The van der Waals surface area contributed by atoms with E-state index in [2.05, 4.69) is 22.3 Å². The summed E-state index contributed by atoms with van der Waals surface area (Å²) in [5.41, 5.74) is 1.26. The van der Waals surface area contributed by atoms with Crippen molar-refractivity contribution in [3.63, 3.8) is 0 Å². The molecule has 1 amide bonds. The van der Waals surface area contributed by atoms with Gasteiger partial charge < -0.3 is 5.32 Å². The molecule has 2 rings (SSSR count). The molecule has 134 valence electrons. The first-order chi connectivity index (χ1) is 11.4. The van der Waals surface area contributed by atoms with Gasteiger partial charge in [0.05, 0.1) is 6.26 Å². The van der Waals surface area contributed by atoms with Crippen molar-refractivity contribution in [2.45, 2.75) is 19.3 Å². The van der Waals surface area contributed by atoms with Gasteiger partial charge in [0.25, 0.3) is 0 Å². The quantitative estimate of drug-likeness (QED) is 0.747. The summed E-state index contributed by atoms with van der Waals surface area (Å²) in [5.74, 6) is 0.0840. The number of carbonyl (C=O) groups excluding carboxylic acids is 1. The summed E-state index contributed by atoms with van der Waals surface area (Å²) in [4.78, 5) is 14.0. The normalized spacial score (nSPS) is 16.9. The van der Waals surface area contributed by atoms with E-state index in [1.54, 1.807) is 0 Å². The first-order valence-electron chi connectivity index (χ1n) is 8.43. The number of hydrogen-bond donors (Lipinski definition) is 1. The second-order valence-electron chi connectivity index (χ2n) is 6.19. The van der Waals surface area contributed by atoms with Crippen LogP contribution in [0.25, 0.3) is 0 Å². The molecule has 0 radical (unpaired) electrons. The van der Waals surface area contributed by atoms with Crippen molar-refractivity contribution in [1.82, 2.24) is 14.5 Å². The number of piperazine rings is 1. The number of benzene rings is 1. The summed E-state index contributed by atoms with van der Waals surface area (Å²) >= 11 is 0. The highest BCUT2D eigenvalue weighted by molar-refractivity contribution is 7.88. The molecule has 7 heteroatoms. The monoisotopic (exact) mass is 353 g/mol. The Kier molecular flexibility index (Phi) is 7.20. The minimum Gasteiger partial charge on any atom is -0.355 e. The summed E-state index contributed by atoms with van der Waals surface area (Å²) < 4.78 is 24.4. The lowest BCUT2D eigenvalue weighted by molar-refractivity contribution is -0.121. The van der Waals surface area contributed by atoms with Gasteiger partial charge in [0, 0.05) is 45.7 Å². The van der Waals surface area contributed by atoms with E-state index in [-0.39, 0.29) is 5.91 Å². The molecule has 1 N–H and O–H groups in total. The second-order valence-corrected chi connectivity index (χ2v) is 8.18. The van der Waals surface area contributed by atoms with E-state index in [0.717, 1.165) is 32.5 Å². The number of nitrogens with one attached hydrogen (secondary N) is 1. The highest BCUT2D eigenvalue weighted by atomic mass is 32.2. The fourth-order valence-electron chi connectivity index (χ4n) is 2.82. The van der Waals surface area contributed by atoms with Gasteiger partial charge in [-0.3, -0.25) is 9.69 Å². The third-order valence-electron chi connectivity index (χ3n) is 4.26. The summed E-state index contributed by atoms with van der Waals surface area (Å²) in [6.07, 6.45) is 3.56. The van der Waals surface area contributed by atoms with Crippen LogP contribution in [0.5, 0.6) is 0 Å². The van der Waals surface area contributed by atoms with Gasteiger partial charge in [-0.25, -0.2) is 8.42 Å². The number of carbonyl (C=O) groups is 1. The van der Waals surface area contributed by atoms with Gasteiger partial charge >= 0.3 is 0 Å². The fourth-order valence-corrected chi connectivity index (χ4v) is 3.65. The molecule has 1 aromatic rings. The van der Waals surface area contributed by atoms with E-state index in [9.17, 15) is 13.2 Å². The predicted molar refractivity (Wildman–Crippen MR) is 95.2 cm³/mol. The van der Waals surface area contributed by atoms with Crippen LogP contribution in [0.4, 0.5) is 0 Å². The van der Waals surface area contributed by atoms with Crippen molar-refractivity contribution in [2.75, 3.05) is 45.5 Å². The third-order valence-corrected chi connectivity index (χ3v) is 5.57. The number of aryl methyl sites for hydroxylation is 1. The lowest BCUT2D eigenvalue weighted by Gasteiger charge is -2.33. The lowest BCUT2D eigenvalue weighted by Crippen LogP contribution is -2.49. The molecular formula is C17H27N3O3S. The standard InChI is InChI=1S/C17H27N3O3S/c1-24(22,23)20-14-12-19(13-15-20)11-10-18-17(21)9-5-8-16-6-3-2-4-7-16/h2-4,6-7H,5,8-15H2,1H3,(H,18,21). The van der Waals surface area contributed by atoms with Crippen LogP contribution in [0.2, 0.25) is 0 Å². The number of amides is 1. The van der Waals surface area contributed by atoms with E-state index in [4.69, 9.17) is 0 Å². The largest absolute Gasteiger partial charge is 0.355 e. The minimum absolute atomic E-state index is 0.0840. The molecule has 1 saturated heterocycles. The molecule has 0 saturated carbocycles. The summed E-state index contributed by atoms with van der Waals surface area (Å²) in [5, 5.41) is 2.95. The molecule has 6 nitrogen and oxygen atoms in total. The number of sulfonamides is 1.